The molecule has 3 N–H and O–H groups in total. The standard InChI is InChI=1S/C11H15N3O5S/c1-6(15)9-4-7(14(17)18)11(20-9)13-2-3-19-5-8(13)10(12)16/h4,6,8,15H,2-3,5H2,1H3,(H2,12,16)/t6-,8?/m0/s1. The number of aliphatic hydroxyl groups is 1. The van der Waals surface area contributed by atoms with Crippen LogP contribution in [-0.2, 0) is 9.53 Å². The first kappa shape index (κ1) is 14.7. The normalized spacial score (nSPS) is 20.7. The van der Waals surface area contributed by atoms with Gasteiger partial charge in [-0.25, -0.2) is 0 Å². The number of hydrogen-bond donors (Lipinski definition) is 2. The molecule has 0 spiro atoms. The third-order valence-electron chi connectivity index (χ3n) is 3.04. The fourth-order valence-corrected chi connectivity index (χ4v) is 3.15. The van der Waals surface area contributed by atoms with Crippen LogP contribution in [-0.4, -0.2) is 41.7 Å². The molecule has 0 bridgehead atoms. The maximum Gasteiger partial charge on any atom is 0.304 e. The first-order valence-corrected chi connectivity index (χ1v) is 6.83. The third kappa shape index (κ3) is 2.74. The molecule has 1 fully saturated rings. The summed E-state index contributed by atoms with van der Waals surface area (Å²) in [5.41, 5.74) is 5.19. The van der Waals surface area contributed by atoms with E-state index in [1.807, 2.05) is 0 Å². The Morgan fingerprint density at radius 3 is 3.00 bits per heavy atom. The van der Waals surface area contributed by atoms with Gasteiger partial charge in [0.2, 0.25) is 5.91 Å². The molecule has 2 atom stereocenters. The second-order valence-electron chi connectivity index (χ2n) is 4.46. The minimum absolute atomic E-state index is 0.106. The molecule has 1 aliphatic rings. The van der Waals surface area contributed by atoms with Crippen molar-refractivity contribution in [1.29, 1.82) is 0 Å². The van der Waals surface area contributed by atoms with Gasteiger partial charge in [0.05, 0.1) is 24.2 Å². The van der Waals surface area contributed by atoms with Crippen molar-refractivity contribution in [2.75, 3.05) is 24.7 Å². The van der Waals surface area contributed by atoms with E-state index in [0.717, 1.165) is 11.3 Å². The zero-order valence-corrected chi connectivity index (χ0v) is 11.6. The van der Waals surface area contributed by atoms with Gasteiger partial charge in [-0.2, -0.15) is 0 Å². The molecule has 0 saturated carbocycles. The zero-order chi connectivity index (χ0) is 14.9. The van der Waals surface area contributed by atoms with Crippen molar-refractivity contribution in [1.82, 2.24) is 0 Å². The van der Waals surface area contributed by atoms with Crippen molar-refractivity contribution in [2.45, 2.75) is 19.1 Å². The van der Waals surface area contributed by atoms with Crippen LogP contribution in [0.3, 0.4) is 0 Å². The fraction of sp³-hybridized carbons (Fsp3) is 0.545. The summed E-state index contributed by atoms with van der Waals surface area (Å²) in [6.45, 7) is 2.34. The van der Waals surface area contributed by atoms with Crippen molar-refractivity contribution in [2.24, 2.45) is 5.73 Å². The van der Waals surface area contributed by atoms with Crippen LogP contribution >= 0.6 is 11.3 Å². The first-order valence-electron chi connectivity index (χ1n) is 6.01. The molecule has 1 unspecified atom stereocenters. The molecule has 20 heavy (non-hydrogen) atoms. The summed E-state index contributed by atoms with van der Waals surface area (Å²) in [6, 6.07) is 0.598. The van der Waals surface area contributed by atoms with Crippen LogP contribution < -0.4 is 10.6 Å². The second-order valence-corrected chi connectivity index (χ2v) is 5.52. The Morgan fingerprint density at radius 2 is 2.45 bits per heavy atom. The number of ether oxygens (including phenoxy) is 1. The number of anilines is 1. The summed E-state index contributed by atoms with van der Waals surface area (Å²) >= 11 is 1.09. The van der Waals surface area contributed by atoms with Crippen LogP contribution in [0.5, 0.6) is 0 Å². The highest BCUT2D eigenvalue weighted by Crippen LogP contribution is 2.41. The molecule has 2 rings (SSSR count). The molecule has 1 aromatic heterocycles. The minimum Gasteiger partial charge on any atom is -0.388 e. The largest absolute Gasteiger partial charge is 0.388 e. The van der Waals surface area contributed by atoms with Crippen molar-refractivity contribution in [3.05, 3.63) is 21.1 Å². The van der Waals surface area contributed by atoms with Crippen molar-refractivity contribution in [3.63, 3.8) is 0 Å². The van der Waals surface area contributed by atoms with E-state index < -0.39 is 23.0 Å². The molecular weight excluding hydrogens is 286 g/mol. The molecule has 0 radical (unpaired) electrons. The van der Waals surface area contributed by atoms with Crippen LogP contribution in [0, 0.1) is 10.1 Å². The number of morpholine rings is 1. The average Bonchev–Trinajstić information content (AvgIpc) is 2.83. The van der Waals surface area contributed by atoms with Gasteiger partial charge in [0.1, 0.15) is 6.04 Å². The molecule has 8 nitrogen and oxygen atoms in total. The smallest absolute Gasteiger partial charge is 0.304 e. The predicted octanol–water partition coefficient (Wildman–Crippen LogP) is 0.400. The number of aliphatic hydroxyl groups excluding tert-OH is 1. The lowest BCUT2D eigenvalue weighted by atomic mass is 10.2. The van der Waals surface area contributed by atoms with Crippen LogP contribution in [0.4, 0.5) is 10.7 Å². The number of nitro groups is 1. The first-order chi connectivity index (χ1) is 9.41. The zero-order valence-electron chi connectivity index (χ0n) is 10.8. The van der Waals surface area contributed by atoms with Crippen molar-refractivity contribution < 1.29 is 19.6 Å². The molecule has 1 amide bonds. The summed E-state index contributed by atoms with van der Waals surface area (Å²) < 4.78 is 5.19. The van der Waals surface area contributed by atoms with E-state index >= 15 is 0 Å². The summed E-state index contributed by atoms with van der Waals surface area (Å²) in [4.78, 5) is 24.1. The number of carbonyl (C=O) groups excluding carboxylic acids is 1. The summed E-state index contributed by atoms with van der Waals surface area (Å²) in [5, 5.41) is 21.0. The number of hydrogen-bond acceptors (Lipinski definition) is 7. The number of primary amides is 1. The van der Waals surface area contributed by atoms with E-state index in [-0.39, 0.29) is 12.3 Å². The minimum atomic E-state index is -0.805. The van der Waals surface area contributed by atoms with Gasteiger partial charge in [-0.1, -0.05) is 0 Å². The molecule has 0 aliphatic carbocycles. The molecule has 2 heterocycles. The number of nitrogens with zero attached hydrogens (tertiary/aromatic N) is 2. The lowest BCUT2D eigenvalue weighted by Crippen LogP contribution is -2.52. The highest BCUT2D eigenvalue weighted by molar-refractivity contribution is 7.16. The highest BCUT2D eigenvalue weighted by atomic mass is 32.1. The molecule has 1 saturated heterocycles. The number of nitrogens with two attached hydrogens (primary N) is 1. The molecule has 1 aromatic rings. The van der Waals surface area contributed by atoms with Gasteiger partial charge in [-0.15, -0.1) is 11.3 Å². The maximum atomic E-state index is 11.4. The average molecular weight is 301 g/mol. The summed E-state index contributed by atoms with van der Waals surface area (Å²) in [7, 11) is 0. The Morgan fingerprint density at radius 1 is 1.75 bits per heavy atom. The van der Waals surface area contributed by atoms with Gasteiger partial charge in [0, 0.05) is 17.5 Å². The second kappa shape index (κ2) is 5.73. The monoisotopic (exact) mass is 301 g/mol. The van der Waals surface area contributed by atoms with Crippen molar-refractivity contribution in [3.8, 4) is 0 Å². The fourth-order valence-electron chi connectivity index (χ4n) is 2.01. The van der Waals surface area contributed by atoms with E-state index in [4.69, 9.17) is 10.5 Å². The molecule has 9 heteroatoms. The van der Waals surface area contributed by atoms with Crippen molar-refractivity contribution >= 4 is 27.9 Å². The highest BCUT2D eigenvalue weighted by Gasteiger charge is 2.34. The summed E-state index contributed by atoms with van der Waals surface area (Å²) in [5.74, 6) is -0.592. The van der Waals surface area contributed by atoms with Crippen LogP contribution in [0.25, 0.3) is 0 Å². The lowest BCUT2D eigenvalue weighted by Gasteiger charge is -2.33. The lowest BCUT2D eigenvalue weighted by molar-refractivity contribution is -0.383. The topological polar surface area (TPSA) is 119 Å². The number of thiophene rings is 1. The Bertz CT molecular complexity index is 530. The number of rotatable bonds is 4. The van der Waals surface area contributed by atoms with Crippen LogP contribution in [0.15, 0.2) is 6.07 Å². The Hall–Kier alpha value is -1.71. The van der Waals surface area contributed by atoms with E-state index in [0.29, 0.717) is 23.0 Å². The number of carbonyl (C=O) groups is 1. The molecule has 110 valence electrons. The maximum absolute atomic E-state index is 11.4. The molecule has 0 aromatic carbocycles. The number of amides is 1. The predicted molar refractivity (Wildman–Crippen MR) is 72.8 cm³/mol. The van der Waals surface area contributed by atoms with Gasteiger partial charge < -0.3 is 20.5 Å². The van der Waals surface area contributed by atoms with Gasteiger partial charge in [0.25, 0.3) is 0 Å². The van der Waals surface area contributed by atoms with Gasteiger partial charge >= 0.3 is 5.69 Å². The van der Waals surface area contributed by atoms with E-state index in [1.54, 1.807) is 4.90 Å². The van der Waals surface area contributed by atoms with Gasteiger partial charge in [-0.3, -0.25) is 14.9 Å². The molecule has 1 aliphatic heterocycles. The van der Waals surface area contributed by atoms with Gasteiger partial charge in [-0.05, 0) is 6.92 Å². The van der Waals surface area contributed by atoms with E-state index in [9.17, 15) is 20.0 Å². The third-order valence-corrected chi connectivity index (χ3v) is 4.37. The van der Waals surface area contributed by atoms with E-state index in [2.05, 4.69) is 0 Å². The van der Waals surface area contributed by atoms with Crippen LogP contribution in [0.2, 0.25) is 0 Å². The van der Waals surface area contributed by atoms with Crippen LogP contribution in [0.1, 0.15) is 17.9 Å². The Labute approximate surface area is 118 Å². The van der Waals surface area contributed by atoms with E-state index in [1.165, 1.54) is 13.0 Å². The Balaban J connectivity index is 2.43. The Kier molecular flexibility index (Phi) is 4.21. The summed E-state index contributed by atoms with van der Waals surface area (Å²) in [6.07, 6.45) is -0.805. The quantitative estimate of drug-likeness (QED) is 0.613. The SMILES string of the molecule is C[C@H](O)c1cc([N+](=O)[O-])c(N2CCOCC2C(N)=O)s1. The van der Waals surface area contributed by atoms with Gasteiger partial charge in [0.15, 0.2) is 5.00 Å². The molecular formula is C11H15N3O5S.